The Morgan fingerprint density at radius 3 is 2.39 bits per heavy atom. The highest BCUT2D eigenvalue weighted by atomic mass is 32.2. The number of methoxy groups -OCH3 is 1. The van der Waals surface area contributed by atoms with Gasteiger partial charge in [-0.15, -0.1) is 0 Å². The molecule has 0 spiro atoms. The zero-order valence-electron chi connectivity index (χ0n) is 11.1. The van der Waals surface area contributed by atoms with Crippen molar-refractivity contribution in [3.63, 3.8) is 0 Å². The van der Waals surface area contributed by atoms with E-state index in [-0.39, 0.29) is 12.1 Å². The van der Waals surface area contributed by atoms with Crippen molar-refractivity contribution >= 4 is 21.4 Å². The second-order valence-corrected chi connectivity index (χ2v) is 6.08. The molecule has 102 valence electrons. The van der Waals surface area contributed by atoms with E-state index in [0.29, 0.717) is 5.69 Å². The summed E-state index contributed by atoms with van der Waals surface area (Å²) in [6, 6.07) is 7.26. The van der Waals surface area contributed by atoms with Gasteiger partial charge in [0.2, 0.25) is 10.0 Å². The van der Waals surface area contributed by atoms with E-state index >= 15 is 0 Å². The fourth-order valence-electron chi connectivity index (χ4n) is 1.47. The molecule has 1 aromatic rings. The van der Waals surface area contributed by atoms with Crippen LogP contribution in [0.3, 0.4) is 0 Å². The first-order chi connectivity index (χ1) is 8.31. The maximum Gasteiger partial charge on any atom is 0.229 e. The molecule has 0 saturated carbocycles. The van der Waals surface area contributed by atoms with Crippen molar-refractivity contribution in [2.75, 3.05) is 23.4 Å². The highest BCUT2D eigenvalue weighted by molar-refractivity contribution is 7.92. The van der Waals surface area contributed by atoms with Gasteiger partial charge < -0.3 is 10.1 Å². The first kappa shape index (κ1) is 14.8. The average molecular weight is 272 g/mol. The van der Waals surface area contributed by atoms with Gasteiger partial charge in [-0.05, 0) is 32.0 Å². The summed E-state index contributed by atoms with van der Waals surface area (Å²) in [5, 5.41) is 3.26. The van der Waals surface area contributed by atoms with Crippen LogP contribution in [-0.2, 0) is 14.8 Å². The van der Waals surface area contributed by atoms with E-state index < -0.39 is 10.0 Å². The van der Waals surface area contributed by atoms with Crippen LogP contribution in [0, 0.1) is 0 Å². The quantitative estimate of drug-likeness (QED) is 0.830. The van der Waals surface area contributed by atoms with Crippen molar-refractivity contribution in [1.29, 1.82) is 0 Å². The second kappa shape index (κ2) is 6.06. The highest BCUT2D eigenvalue weighted by Gasteiger charge is 2.11. The van der Waals surface area contributed by atoms with Crippen LogP contribution in [0.15, 0.2) is 24.3 Å². The lowest BCUT2D eigenvalue weighted by molar-refractivity contribution is 0.106. The van der Waals surface area contributed by atoms with Gasteiger partial charge in [-0.3, -0.25) is 4.72 Å². The van der Waals surface area contributed by atoms with Crippen LogP contribution in [0.25, 0.3) is 0 Å². The fourth-order valence-corrected chi connectivity index (χ4v) is 2.03. The summed E-state index contributed by atoms with van der Waals surface area (Å²) in [4.78, 5) is 0. The van der Waals surface area contributed by atoms with E-state index in [9.17, 15) is 8.42 Å². The number of ether oxygens (including phenoxy) is 1. The van der Waals surface area contributed by atoms with E-state index in [1.807, 2.05) is 19.9 Å². The average Bonchev–Trinajstić information content (AvgIpc) is 2.26. The van der Waals surface area contributed by atoms with Crippen molar-refractivity contribution in [2.24, 2.45) is 0 Å². The van der Waals surface area contributed by atoms with Gasteiger partial charge in [-0.25, -0.2) is 8.42 Å². The molecule has 2 atom stereocenters. The van der Waals surface area contributed by atoms with E-state index in [2.05, 4.69) is 10.0 Å². The molecule has 0 aliphatic rings. The lowest BCUT2D eigenvalue weighted by Crippen LogP contribution is -2.29. The largest absolute Gasteiger partial charge is 0.380 e. The number of hydrogen-bond donors (Lipinski definition) is 2. The first-order valence-electron chi connectivity index (χ1n) is 5.69. The summed E-state index contributed by atoms with van der Waals surface area (Å²) < 4.78 is 29.9. The van der Waals surface area contributed by atoms with Crippen LogP contribution in [0.1, 0.15) is 13.8 Å². The Labute approximate surface area is 109 Å². The topological polar surface area (TPSA) is 67.4 Å². The minimum atomic E-state index is -3.25. The highest BCUT2D eigenvalue weighted by Crippen LogP contribution is 2.17. The first-order valence-corrected chi connectivity index (χ1v) is 7.58. The molecule has 2 N–H and O–H groups in total. The molecular formula is C12H20N2O3S. The molecular weight excluding hydrogens is 252 g/mol. The van der Waals surface area contributed by atoms with Crippen LogP contribution < -0.4 is 10.0 Å². The summed E-state index contributed by atoms with van der Waals surface area (Å²) in [6.45, 7) is 3.97. The Morgan fingerprint density at radius 2 is 1.83 bits per heavy atom. The molecule has 6 heteroatoms. The molecule has 2 unspecified atom stereocenters. The second-order valence-electron chi connectivity index (χ2n) is 4.33. The number of hydrogen-bond acceptors (Lipinski definition) is 4. The van der Waals surface area contributed by atoms with E-state index in [4.69, 9.17) is 4.74 Å². The van der Waals surface area contributed by atoms with E-state index in [0.717, 1.165) is 11.9 Å². The molecule has 0 amide bonds. The normalized spacial score (nSPS) is 14.9. The predicted octanol–water partition coefficient (Wildman–Crippen LogP) is 1.89. The lowest BCUT2D eigenvalue weighted by atomic mass is 10.2. The van der Waals surface area contributed by atoms with Crippen LogP contribution >= 0.6 is 0 Å². The molecule has 0 aliphatic heterocycles. The molecule has 1 rings (SSSR count). The number of nitrogens with one attached hydrogen (secondary N) is 2. The van der Waals surface area contributed by atoms with Crippen LogP contribution in [0.5, 0.6) is 0 Å². The molecule has 0 bridgehead atoms. The number of anilines is 2. The van der Waals surface area contributed by atoms with Crippen LogP contribution in [0.4, 0.5) is 11.4 Å². The minimum Gasteiger partial charge on any atom is -0.380 e. The third kappa shape index (κ3) is 4.93. The predicted molar refractivity (Wildman–Crippen MR) is 74.5 cm³/mol. The molecule has 5 nitrogen and oxygen atoms in total. The molecule has 0 heterocycles. The van der Waals surface area contributed by atoms with Crippen molar-refractivity contribution < 1.29 is 13.2 Å². The Hall–Kier alpha value is -1.27. The number of sulfonamides is 1. The van der Waals surface area contributed by atoms with Gasteiger partial charge in [0.05, 0.1) is 18.0 Å². The molecule has 0 fully saturated rings. The summed E-state index contributed by atoms with van der Waals surface area (Å²) in [5.41, 5.74) is 1.39. The Morgan fingerprint density at radius 1 is 1.22 bits per heavy atom. The minimum absolute atomic E-state index is 0.0662. The SMILES string of the molecule is COC(C)C(C)Nc1cccc(NS(C)(=O)=O)c1. The van der Waals surface area contributed by atoms with E-state index in [1.54, 1.807) is 25.3 Å². The summed E-state index contributed by atoms with van der Waals surface area (Å²) >= 11 is 0. The molecule has 0 saturated heterocycles. The van der Waals surface area contributed by atoms with Crippen molar-refractivity contribution in [1.82, 2.24) is 0 Å². The lowest BCUT2D eigenvalue weighted by Gasteiger charge is -2.21. The van der Waals surface area contributed by atoms with E-state index in [1.165, 1.54) is 0 Å². The number of benzene rings is 1. The zero-order valence-corrected chi connectivity index (χ0v) is 11.9. The van der Waals surface area contributed by atoms with Crippen molar-refractivity contribution in [3.8, 4) is 0 Å². The number of rotatable bonds is 6. The zero-order chi connectivity index (χ0) is 13.8. The summed E-state index contributed by atoms with van der Waals surface area (Å²) in [6.07, 6.45) is 1.19. The summed E-state index contributed by atoms with van der Waals surface area (Å²) in [5.74, 6) is 0. The smallest absolute Gasteiger partial charge is 0.229 e. The maximum atomic E-state index is 11.1. The molecule has 0 aliphatic carbocycles. The molecule has 0 aromatic heterocycles. The van der Waals surface area contributed by atoms with Crippen molar-refractivity contribution in [2.45, 2.75) is 26.0 Å². The Balaban J connectivity index is 2.76. The van der Waals surface area contributed by atoms with Gasteiger partial charge in [0.25, 0.3) is 0 Å². The Kier molecular flexibility index (Phi) is 4.98. The third-order valence-electron chi connectivity index (χ3n) is 2.64. The maximum absolute atomic E-state index is 11.1. The molecule has 18 heavy (non-hydrogen) atoms. The molecule has 0 radical (unpaired) electrons. The Bertz CT molecular complexity index is 488. The van der Waals surface area contributed by atoms with Gasteiger partial charge in [0.15, 0.2) is 0 Å². The standard InChI is InChI=1S/C12H20N2O3S/c1-9(10(2)17-3)13-11-6-5-7-12(8-11)14-18(4,15)16/h5-10,13-14H,1-4H3. The fraction of sp³-hybridized carbons (Fsp3) is 0.500. The monoisotopic (exact) mass is 272 g/mol. The van der Waals surface area contributed by atoms with Crippen molar-refractivity contribution in [3.05, 3.63) is 24.3 Å². The van der Waals surface area contributed by atoms with Gasteiger partial charge in [0, 0.05) is 18.8 Å². The van der Waals surface area contributed by atoms with Crippen LogP contribution in [-0.4, -0.2) is 33.9 Å². The van der Waals surface area contributed by atoms with Gasteiger partial charge in [-0.1, -0.05) is 6.07 Å². The van der Waals surface area contributed by atoms with Gasteiger partial charge in [0.1, 0.15) is 0 Å². The summed E-state index contributed by atoms with van der Waals surface area (Å²) in [7, 11) is -1.59. The third-order valence-corrected chi connectivity index (χ3v) is 3.24. The van der Waals surface area contributed by atoms with Gasteiger partial charge >= 0.3 is 0 Å². The van der Waals surface area contributed by atoms with Gasteiger partial charge in [-0.2, -0.15) is 0 Å². The molecule has 1 aromatic carbocycles. The van der Waals surface area contributed by atoms with Crippen LogP contribution in [0.2, 0.25) is 0 Å².